The summed E-state index contributed by atoms with van der Waals surface area (Å²) in [7, 11) is 1.27. The van der Waals surface area contributed by atoms with Crippen LogP contribution in [0.4, 0.5) is 0 Å². The van der Waals surface area contributed by atoms with E-state index in [1.54, 1.807) is 24.7 Å². The Morgan fingerprint density at radius 1 is 0.756 bits per heavy atom. The Hall–Kier alpha value is -4.75. The fourth-order valence-electron chi connectivity index (χ4n) is 4.32. The van der Waals surface area contributed by atoms with E-state index in [4.69, 9.17) is 24.4 Å². The lowest BCUT2D eigenvalue weighted by atomic mass is 10.1. The summed E-state index contributed by atoms with van der Waals surface area (Å²) >= 11 is 11.1. The van der Waals surface area contributed by atoms with E-state index < -0.39 is 12.0 Å². The van der Waals surface area contributed by atoms with Crippen molar-refractivity contribution in [3.8, 4) is 22.8 Å². The number of amides is 1. The molecule has 1 amide bonds. The molecule has 0 saturated heterocycles. The molecule has 45 heavy (non-hydrogen) atoms. The van der Waals surface area contributed by atoms with Crippen LogP contribution in [0.5, 0.6) is 0 Å². The molecule has 0 aliphatic heterocycles. The van der Waals surface area contributed by atoms with E-state index in [0.29, 0.717) is 47.3 Å². The van der Waals surface area contributed by atoms with Crippen LogP contribution in [0.1, 0.15) is 30.8 Å². The molecule has 1 atom stereocenters. The second-order valence-corrected chi connectivity index (χ2v) is 10.9. The summed E-state index contributed by atoms with van der Waals surface area (Å²) in [6, 6.07) is 18.2. The molecule has 11 nitrogen and oxygen atoms in total. The smallest absolute Gasteiger partial charge is 0.325 e. The number of carbonyl (C=O) groups excluding carboxylic acids is 2. The Balaban J connectivity index is 1.27. The van der Waals surface area contributed by atoms with Gasteiger partial charge in [0.1, 0.15) is 18.4 Å². The van der Waals surface area contributed by atoms with Crippen molar-refractivity contribution in [2.75, 3.05) is 20.2 Å². The van der Waals surface area contributed by atoms with Crippen LogP contribution in [0.25, 0.3) is 22.8 Å². The molecule has 13 heteroatoms. The molecule has 232 valence electrons. The van der Waals surface area contributed by atoms with E-state index in [9.17, 15) is 9.59 Å². The van der Waals surface area contributed by atoms with Crippen LogP contribution in [0.2, 0.25) is 0 Å². The van der Waals surface area contributed by atoms with E-state index in [1.807, 2.05) is 54.6 Å². The topological polar surface area (TPSA) is 144 Å². The Morgan fingerprint density at radius 2 is 1.47 bits per heavy atom. The maximum Gasteiger partial charge on any atom is 0.325 e. The Morgan fingerprint density at radius 3 is 2.16 bits per heavy atom. The van der Waals surface area contributed by atoms with E-state index in [2.05, 4.69) is 45.6 Å². The number of pyridine rings is 3. The van der Waals surface area contributed by atoms with Gasteiger partial charge in [-0.3, -0.25) is 24.5 Å². The Labute approximate surface area is 272 Å². The third-order valence-corrected chi connectivity index (χ3v) is 7.11. The number of nitrogens with zero attached hydrogens (tertiary/aromatic N) is 5. The second-order valence-electron chi connectivity index (χ2n) is 9.92. The maximum absolute atomic E-state index is 13.0. The highest BCUT2D eigenvalue weighted by Gasteiger charge is 2.20. The number of rotatable bonds is 15. The number of hydrogen-bond donors (Lipinski definition) is 3. The highest BCUT2D eigenvalue weighted by atomic mass is 32.1. The number of ether oxygens (including phenoxy) is 1. The minimum Gasteiger partial charge on any atom is -0.468 e. The number of carbonyl (C=O) groups is 2. The summed E-state index contributed by atoms with van der Waals surface area (Å²) in [5.74, 6) is -0.391. The molecule has 0 saturated carbocycles. The normalized spacial score (nSPS) is 11.2. The van der Waals surface area contributed by atoms with Crippen LogP contribution < -0.4 is 16.0 Å². The average Bonchev–Trinajstić information content (AvgIpc) is 3.07. The molecule has 4 heterocycles. The monoisotopic (exact) mass is 642 g/mol. The van der Waals surface area contributed by atoms with Crippen molar-refractivity contribution in [3.63, 3.8) is 0 Å². The zero-order valence-corrected chi connectivity index (χ0v) is 26.4. The Kier molecular flexibility index (Phi) is 12.9. The summed E-state index contributed by atoms with van der Waals surface area (Å²) in [6.07, 6.45) is 7.76. The zero-order chi connectivity index (χ0) is 31.9. The van der Waals surface area contributed by atoms with Gasteiger partial charge in [-0.2, -0.15) is 0 Å². The van der Waals surface area contributed by atoms with Gasteiger partial charge in [-0.1, -0.05) is 42.6 Å². The summed E-state index contributed by atoms with van der Waals surface area (Å²) < 4.78 is 4.65. The molecular weight excluding hydrogens is 609 g/mol. The van der Waals surface area contributed by atoms with Gasteiger partial charge < -0.3 is 20.7 Å². The fourth-order valence-corrected chi connectivity index (χ4v) is 4.84. The van der Waals surface area contributed by atoms with E-state index in [0.717, 1.165) is 29.2 Å². The number of thiocarbonyl (C=S) groups is 2. The van der Waals surface area contributed by atoms with Gasteiger partial charge in [0.05, 0.1) is 46.3 Å². The molecule has 0 fully saturated rings. The third-order valence-electron chi connectivity index (χ3n) is 6.56. The van der Waals surface area contributed by atoms with Gasteiger partial charge in [0.25, 0.3) is 0 Å². The van der Waals surface area contributed by atoms with Crippen molar-refractivity contribution in [2.45, 2.75) is 38.1 Å². The number of unbranched alkanes of at least 4 members (excludes halogenated alkanes) is 1. The van der Waals surface area contributed by atoms with Gasteiger partial charge in [0.2, 0.25) is 5.91 Å². The second kappa shape index (κ2) is 17.5. The van der Waals surface area contributed by atoms with Gasteiger partial charge in [0.15, 0.2) is 0 Å². The first-order valence-corrected chi connectivity index (χ1v) is 15.2. The minimum absolute atomic E-state index is 0.235. The number of hydrogen-bond acceptors (Lipinski definition) is 10. The molecule has 0 aliphatic rings. The third kappa shape index (κ3) is 11.0. The molecule has 0 radical (unpaired) electrons. The predicted molar refractivity (Wildman–Crippen MR) is 179 cm³/mol. The standard InChI is InChI=1S/C32H34N8O3S2/c1-43-31(41)21-37-32(42)27(40-30(45)20-28-35-18-14-26(39-28)24-11-3-6-16-34-24)12-4-7-17-36-29(44)19-22-9-8-13-25(38-22)23-10-2-5-15-33-23/h2-3,5-6,8-11,13-16,18,27H,4,7,12,17,19-21H2,1H3,(H,36,44)(H,37,42)(H,40,45)/t27-/m0/s1. The molecule has 0 aliphatic carbocycles. The molecule has 0 aromatic carbocycles. The first-order valence-electron chi connectivity index (χ1n) is 14.4. The SMILES string of the molecule is COC(=O)CNC(=O)[C@H](CCCCNC(=S)Cc1cccc(-c2ccccn2)n1)NC(=S)Cc1nccc(-c2ccccn2)n1. The zero-order valence-electron chi connectivity index (χ0n) is 24.8. The molecular formula is C32H34N8O3S2. The number of methoxy groups -OCH3 is 1. The Bertz CT molecular complexity index is 1590. The average molecular weight is 643 g/mol. The number of aromatic nitrogens is 5. The highest BCUT2D eigenvalue weighted by molar-refractivity contribution is 7.80. The predicted octanol–water partition coefficient (Wildman–Crippen LogP) is 3.44. The maximum atomic E-state index is 13.0. The van der Waals surface area contributed by atoms with Gasteiger partial charge in [-0.05, 0) is 61.7 Å². The minimum atomic E-state index is -0.661. The van der Waals surface area contributed by atoms with Crippen LogP contribution in [-0.4, -0.2) is 73.0 Å². The van der Waals surface area contributed by atoms with Crippen LogP contribution in [0, 0.1) is 0 Å². The van der Waals surface area contributed by atoms with Crippen molar-refractivity contribution < 1.29 is 14.3 Å². The summed E-state index contributed by atoms with van der Waals surface area (Å²) in [4.78, 5) is 47.9. The van der Waals surface area contributed by atoms with Gasteiger partial charge in [-0.15, -0.1) is 0 Å². The summed E-state index contributed by atoms with van der Waals surface area (Å²) in [6.45, 7) is 0.398. The lowest BCUT2D eigenvalue weighted by molar-refractivity contribution is -0.141. The fraction of sp³-hybridized carbons (Fsp3) is 0.281. The van der Waals surface area contributed by atoms with E-state index >= 15 is 0 Å². The lowest BCUT2D eigenvalue weighted by Gasteiger charge is -2.20. The van der Waals surface area contributed by atoms with Crippen LogP contribution in [0.15, 0.2) is 79.3 Å². The number of nitrogens with one attached hydrogen (secondary N) is 3. The largest absolute Gasteiger partial charge is 0.468 e. The van der Waals surface area contributed by atoms with E-state index in [-0.39, 0.29) is 18.9 Å². The van der Waals surface area contributed by atoms with E-state index in [1.165, 1.54) is 7.11 Å². The summed E-state index contributed by atoms with van der Waals surface area (Å²) in [5, 5.41) is 9.02. The van der Waals surface area contributed by atoms with Crippen molar-refractivity contribution in [2.24, 2.45) is 0 Å². The molecule has 3 N–H and O–H groups in total. The molecule has 0 bridgehead atoms. The molecule has 0 unspecified atom stereocenters. The van der Waals surface area contributed by atoms with Crippen LogP contribution >= 0.6 is 24.4 Å². The quantitative estimate of drug-likeness (QED) is 0.0993. The highest BCUT2D eigenvalue weighted by Crippen LogP contribution is 2.15. The lowest BCUT2D eigenvalue weighted by Crippen LogP contribution is -2.48. The van der Waals surface area contributed by atoms with Crippen molar-refractivity contribution in [1.82, 2.24) is 40.9 Å². The van der Waals surface area contributed by atoms with Gasteiger partial charge in [0, 0.05) is 37.3 Å². The van der Waals surface area contributed by atoms with Crippen LogP contribution in [-0.2, 0) is 27.2 Å². The molecule has 0 spiro atoms. The van der Waals surface area contributed by atoms with Crippen molar-refractivity contribution in [1.29, 1.82) is 0 Å². The van der Waals surface area contributed by atoms with Gasteiger partial charge in [-0.25, -0.2) is 9.97 Å². The van der Waals surface area contributed by atoms with Crippen molar-refractivity contribution in [3.05, 3.63) is 90.8 Å². The number of esters is 1. The van der Waals surface area contributed by atoms with Crippen molar-refractivity contribution >= 4 is 46.3 Å². The first kappa shape index (κ1) is 33.1. The summed E-state index contributed by atoms with van der Waals surface area (Å²) in [5.41, 5.74) is 3.86. The molecule has 4 rings (SSSR count). The molecule has 4 aromatic heterocycles. The van der Waals surface area contributed by atoms with Crippen LogP contribution in [0.3, 0.4) is 0 Å². The molecule has 4 aromatic rings. The first-order chi connectivity index (χ1) is 21.9. The van der Waals surface area contributed by atoms with Gasteiger partial charge >= 0.3 is 5.97 Å².